The van der Waals surface area contributed by atoms with Crippen LogP contribution in [0.5, 0.6) is 5.75 Å². The van der Waals surface area contributed by atoms with Gasteiger partial charge in [0.2, 0.25) is 11.0 Å². The minimum atomic E-state index is -0.144. The lowest BCUT2D eigenvalue weighted by Gasteiger charge is -2.23. The standard InChI is InChI=1S/C19H14N4O2S/c24-12-5-3-4-11(8-12)13-9-17(25)22-18-14(13)10-20-23(18)19-21-15-6-1-2-7-16(15)26-19/h1-8,10,13,24H,9H2,(H,22,25)/t13-/m0/s1. The van der Waals surface area contributed by atoms with Gasteiger partial charge >= 0.3 is 0 Å². The molecule has 0 unspecified atom stereocenters. The van der Waals surface area contributed by atoms with Crippen molar-refractivity contribution in [3.05, 3.63) is 65.9 Å². The van der Waals surface area contributed by atoms with Gasteiger partial charge in [-0.05, 0) is 29.8 Å². The topological polar surface area (TPSA) is 80.0 Å². The van der Waals surface area contributed by atoms with Gasteiger partial charge in [-0.1, -0.05) is 35.6 Å². The number of nitrogens with one attached hydrogen (secondary N) is 1. The highest BCUT2D eigenvalue weighted by atomic mass is 32.1. The van der Waals surface area contributed by atoms with E-state index in [1.54, 1.807) is 29.1 Å². The molecule has 0 saturated heterocycles. The van der Waals surface area contributed by atoms with Crippen LogP contribution in [-0.2, 0) is 4.79 Å². The van der Waals surface area contributed by atoms with Crippen molar-refractivity contribution in [2.75, 3.05) is 5.32 Å². The number of anilines is 1. The summed E-state index contributed by atoms with van der Waals surface area (Å²) in [5, 5.41) is 17.9. The third kappa shape index (κ3) is 2.36. The van der Waals surface area contributed by atoms with Crippen LogP contribution < -0.4 is 5.32 Å². The van der Waals surface area contributed by atoms with E-state index in [0.717, 1.165) is 21.3 Å². The molecule has 26 heavy (non-hydrogen) atoms. The molecule has 2 aromatic carbocycles. The van der Waals surface area contributed by atoms with Crippen molar-refractivity contribution in [3.63, 3.8) is 0 Å². The Morgan fingerprint density at radius 1 is 1.19 bits per heavy atom. The summed E-state index contributed by atoms with van der Waals surface area (Å²) in [5.74, 6) is 0.616. The van der Waals surface area contributed by atoms with Crippen molar-refractivity contribution in [2.45, 2.75) is 12.3 Å². The quantitative estimate of drug-likeness (QED) is 0.570. The molecule has 5 rings (SSSR count). The smallest absolute Gasteiger partial charge is 0.226 e. The van der Waals surface area contributed by atoms with Crippen LogP contribution in [0.3, 0.4) is 0 Å². The Morgan fingerprint density at radius 2 is 2.08 bits per heavy atom. The number of para-hydroxylation sites is 1. The molecule has 4 aromatic rings. The van der Waals surface area contributed by atoms with E-state index < -0.39 is 0 Å². The summed E-state index contributed by atoms with van der Waals surface area (Å²) in [6.07, 6.45) is 2.09. The average molecular weight is 362 g/mol. The maximum atomic E-state index is 12.3. The van der Waals surface area contributed by atoms with Gasteiger partial charge in [0.25, 0.3) is 0 Å². The lowest BCUT2D eigenvalue weighted by atomic mass is 9.87. The van der Waals surface area contributed by atoms with E-state index >= 15 is 0 Å². The van der Waals surface area contributed by atoms with Gasteiger partial charge in [-0.15, -0.1) is 0 Å². The third-order valence-electron chi connectivity index (χ3n) is 4.56. The van der Waals surface area contributed by atoms with Gasteiger partial charge in [-0.2, -0.15) is 9.78 Å². The molecular formula is C19H14N4O2S. The molecule has 0 radical (unpaired) electrons. The zero-order valence-electron chi connectivity index (χ0n) is 13.6. The molecule has 1 atom stereocenters. The second-order valence-electron chi connectivity index (χ2n) is 6.22. The number of hydrogen-bond acceptors (Lipinski definition) is 5. The number of amides is 1. The van der Waals surface area contributed by atoms with Gasteiger partial charge in [0.05, 0.1) is 16.4 Å². The van der Waals surface area contributed by atoms with Gasteiger partial charge in [0, 0.05) is 17.9 Å². The number of phenols is 1. The number of thiazole rings is 1. The number of hydrogen-bond donors (Lipinski definition) is 2. The Labute approximate surface area is 152 Å². The predicted octanol–water partition coefficient (Wildman–Crippen LogP) is 3.66. The fourth-order valence-corrected chi connectivity index (χ4v) is 4.28. The summed E-state index contributed by atoms with van der Waals surface area (Å²) in [7, 11) is 0. The second kappa shape index (κ2) is 5.67. The molecule has 2 N–H and O–H groups in total. The number of aromatic hydroxyl groups is 1. The highest BCUT2D eigenvalue weighted by Gasteiger charge is 2.31. The van der Waals surface area contributed by atoms with Crippen LogP contribution in [0.15, 0.2) is 54.7 Å². The molecule has 0 saturated carbocycles. The number of fused-ring (bicyclic) bond motifs is 2. The first-order valence-electron chi connectivity index (χ1n) is 8.22. The van der Waals surface area contributed by atoms with E-state index in [2.05, 4.69) is 15.4 Å². The molecule has 0 fully saturated rings. The summed E-state index contributed by atoms with van der Waals surface area (Å²) in [5.41, 5.74) is 2.72. The minimum Gasteiger partial charge on any atom is -0.508 e. The number of carbonyl (C=O) groups excluding carboxylic acids is 1. The summed E-state index contributed by atoms with van der Waals surface area (Å²) in [6, 6.07) is 14.9. The van der Waals surface area contributed by atoms with Crippen molar-refractivity contribution in [2.24, 2.45) is 0 Å². The highest BCUT2D eigenvalue weighted by Crippen LogP contribution is 2.39. The maximum absolute atomic E-state index is 12.3. The average Bonchev–Trinajstić information content (AvgIpc) is 3.24. The van der Waals surface area contributed by atoms with Crippen molar-refractivity contribution in [3.8, 4) is 10.9 Å². The fraction of sp³-hybridized carbons (Fsp3) is 0.105. The molecule has 7 heteroatoms. The largest absolute Gasteiger partial charge is 0.508 e. The number of carbonyl (C=O) groups is 1. The molecule has 3 heterocycles. The van der Waals surface area contributed by atoms with E-state index in [0.29, 0.717) is 17.4 Å². The summed E-state index contributed by atoms with van der Waals surface area (Å²) >= 11 is 1.53. The molecule has 128 valence electrons. The van der Waals surface area contributed by atoms with E-state index in [9.17, 15) is 9.90 Å². The molecule has 0 bridgehead atoms. The second-order valence-corrected chi connectivity index (χ2v) is 7.23. The molecular weight excluding hydrogens is 348 g/mol. The Kier molecular flexibility index (Phi) is 3.29. The van der Waals surface area contributed by atoms with Crippen LogP contribution in [0.2, 0.25) is 0 Å². The first-order chi connectivity index (χ1) is 12.7. The first-order valence-corrected chi connectivity index (χ1v) is 9.03. The predicted molar refractivity (Wildman–Crippen MR) is 99.9 cm³/mol. The monoisotopic (exact) mass is 362 g/mol. The fourth-order valence-electron chi connectivity index (χ4n) is 3.35. The zero-order valence-corrected chi connectivity index (χ0v) is 14.4. The van der Waals surface area contributed by atoms with E-state index in [1.807, 2.05) is 30.3 Å². The number of aromatic nitrogens is 3. The number of rotatable bonds is 2. The van der Waals surface area contributed by atoms with E-state index in [-0.39, 0.29) is 17.6 Å². The third-order valence-corrected chi connectivity index (χ3v) is 5.57. The Morgan fingerprint density at radius 3 is 2.92 bits per heavy atom. The number of phenolic OH excluding ortho intramolecular Hbond substituents is 1. The minimum absolute atomic E-state index is 0.0753. The Balaban J connectivity index is 1.64. The molecule has 6 nitrogen and oxygen atoms in total. The lowest BCUT2D eigenvalue weighted by Crippen LogP contribution is -2.24. The Hall–Kier alpha value is -3.19. The van der Waals surface area contributed by atoms with Gasteiger partial charge in [0.1, 0.15) is 11.6 Å². The van der Waals surface area contributed by atoms with Crippen LogP contribution in [0.1, 0.15) is 23.5 Å². The van der Waals surface area contributed by atoms with Crippen LogP contribution in [0, 0.1) is 0 Å². The summed E-state index contributed by atoms with van der Waals surface area (Å²) in [6.45, 7) is 0. The van der Waals surface area contributed by atoms with E-state index in [1.165, 1.54) is 11.3 Å². The summed E-state index contributed by atoms with van der Waals surface area (Å²) in [4.78, 5) is 16.9. The van der Waals surface area contributed by atoms with E-state index in [4.69, 9.17) is 0 Å². The van der Waals surface area contributed by atoms with Crippen LogP contribution in [0.4, 0.5) is 5.82 Å². The zero-order chi connectivity index (χ0) is 17.7. The highest BCUT2D eigenvalue weighted by molar-refractivity contribution is 7.20. The van der Waals surface area contributed by atoms with Crippen molar-refractivity contribution >= 4 is 33.3 Å². The maximum Gasteiger partial charge on any atom is 0.226 e. The number of benzene rings is 2. The van der Waals surface area contributed by atoms with Crippen LogP contribution in [-0.4, -0.2) is 25.8 Å². The molecule has 1 amide bonds. The molecule has 1 aliphatic rings. The van der Waals surface area contributed by atoms with Gasteiger partial charge in [-0.25, -0.2) is 4.98 Å². The Bertz CT molecular complexity index is 1110. The van der Waals surface area contributed by atoms with Gasteiger partial charge < -0.3 is 10.4 Å². The van der Waals surface area contributed by atoms with Crippen molar-refractivity contribution in [1.29, 1.82) is 0 Å². The molecule has 1 aliphatic heterocycles. The van der Waals surface area contributed by atoms with Gasteiger partial charge in [-0.3, -0.25) is 4.79 Å². The van der Waals surface area contributed by atoms with Crippen molar-refractivity contribution in [1.82, 2.24) is 14.8 Å². The van der Waals surface area contributed by atoms with Crippen molar-refractivity contribution < 1.29 is 9.90 Å². The lowest BCUT2D eigenvalue weighted by molar-refractivity contribution is -0.116. The SMILES string of the molecule is O=C1C[C@@H](c2cccc(O)c2)c2cnn(-c3nc4ccccc4s3)c2N1. The van der Waals surface area contributed by atoms with Crippen LogP contribution >= 0.6 is 11.3 Å². The van der Waals surface area contributed by atoms with Gasteiger partial charge in [0.15, 0.2) is 0 Å². The number of nitrogens with zero attached hydrogens (tertiary/aromatic N) is 3. The first kappa shape index (κ1) is 15.1. The molecule has 2 aromatic heterocycles. The molecule has 0 spiro atoms. The molecule has 0 aliphatic carbocycles. The summed E-state index contributed by atoms with van der Waals surface area (Å²) < 4.78 is 2.76. The van der Waals surface area contributed by atoms with Crippen LogP contribution in [0.25, 0.3) is 15.3 Å². The normalized spacial score (nSPS) is 16.5.